The van der Waals surface area contributed by atoms with Gasteiger partial charge in [0.2, 0.25) is 5.91 Å². The van der Waals surface area contributed by atoms with Crippen molar-refractivity contribution in [2.45, 2.75) is 46.0 Å². The minimum Gasteiger partial charge on any atom is -0.366 e. The highest BCUT2D eigenvalue weighted by atomic mass is 16.2. The number of piperidine rings is 1. The van der Waals surface area contributed by atoms with E-state index in [1.54, 1.807) is 24.3 Å². The highest BCUT2D eigenvalue weighted by molar-refractivity contribution is 6.45. The third-order valence-corrected chi connectivity index (χ3v) is 6.04. The quantitative estimate of drug-likeness (QED) is 0.706. The molecule has 0 aromatic heterocycles. The van der Waals surface area contributed by atoms with Gasteiger partial charge in [-0.15, -0.1) is 0 Å². The number of anilines is 2. The Morgan fingerprint density at radius 3 is 2.06 bits per heavy atom. The van der Waals surface area contributed by atoms with Gasteiger partial charge in [-0.2, -0.15) is 0 Å². The molecular weight excluding hydrogens is 402 g/mol. The molecule has 1 fully saturated rings. The lowest BCUT2D eigenvalue weighted by Gasteiger charge is -2.29. The molecule has 166 valence electrons. The van der Waals surface area contributed by atoms with Crippen molar-refractivity contribution in [2.75, 3.05) is 23.3 Å². The van der Waals surface area contributed by atoms with Crippen LogP contribution in [0.15, 0.2) is 54.2 Å². The second-order valence-electron chi connectivity index (χ2n) is 8.72. The average molecular weight is 432 g/mol. The Kier molecular flexibility index (Phi) is 6.12. The van der Waals surface area contributed by atoms with Gasteiger partial charge in [-0.05, 0) is 60.6 Å². The summed E-state index contributed by atoms with van der Waals surface area (Å²) < 4.78 is 0. The minimum atomic E-state index is -0.305. The molecule has 0 saturated carbocycles. The summed E-state index contributed by atoms with van der Waals surface area (Å²) in [5.74, 6) is -0.363. The summed E-state index contributed by atoms with van der Waals surface area (Å²) in [5.41, 5.74) is 3.99. The van der Waals surface area contributed by atoms with Crippen LogP contribution in [-0.2, 0) is 14.4 Å². The highest BCUT2D eigenvalue weighted by Gasteiger charge is 2.42. The first kappa shape index (κ1) is 21.8. The molecule has 32 heavy (non-hydrogen) atoms. The van der Waals surface area contributed by atoms with Gasteiger partial charge < -0.3 is 10.2 Å². The van der Waals surface area contributed by atoms with Crippen LogP contribution in [0, 0.1) is 0 Å². The number of carbonyl (C=O) groups excluding carboxylic acids is 3. The fraction of sp³-hybridized carbons (Fsp3) is 0.346. The maximum absolute atomic E-state index is 13.6. The summed E-state index contributed by atoms with van der Waals surface area (Å²) in [5, 5.41) is 2.74. The van der Waals surface area contributed by atoms with Crippen molar-refractivity contribution in [3.63, 3.8) is 0 Å². The molecule has 1 N–H and O–H groups in total. The van der Waals surface area contributed by atoms with E-state index in [0.29, 0.717) is 34.1 Å². The van der Waals surface area contributed by atoms with E-state index in [9.17, 15) is 14.4 Å². The van der Waals surface area contributed by atoms with E-state index in [4.69, 9.17) is 0 Å². The Bertz CT molecular complexity index is 1060. The predicted octanol–water partition coefficient (Wildman–Crippen LogP) is 4.54. The summed E-state index contributed by atoms with van der Waals surface area (Å²) in [6, 6.07) is 14.7. The number of nitrogens with one attached hydrogen (secondary N) is 1. The third-order valence-electron chi connectivity index (χ3n) is 6.04. The molecule has 2 heterocycles. The number of nitrogens with zero attached hydrogens (tertiary/aromatic N) is 2. The van der Waals surface area contributed by atoms with Gasteiger partial charge in [0.1, 0.15) is 5.70 Å². The maximum Gasteiger partial charge on any atom is 0.282 e. The normalized spacial score (nSPS) is 16.9. The van der Waals surface area contributed by atoms with Gasteiger partial charge in [0, 0.05) is 25.7 Å². The summed E-state index contributed by atoms with van der Waals surface area (Å²) in [6.07, 6.45) is 3.14. The first-order valence-electron chi connectivity index (χ1n) is 11.2. The predicted molar refractivity (Wildman–Crippen MR) is 126 cm³/mol. The molecule has 0 atom stereocenters. The Hall–Kier alpha value is -3.41. The number of imide groups is 1. The van der Waals surface area contributed by atoms with Crippen molar-refractivity contribution >= 4 is 34.7 Å². The molecule has 0 aliphatic carbocycles. The zero-order valence-electron chi connectivity index (χ0n) is 18.9. The molecule has 0 spiro atoms. The summed E-state index contributed by atoms with van der Waals surface area (Å²) >= 11 is 0. The Morgan fingerprint density at radius 2 is 1.50 bits per heavy atom. The van der Waals surface area contributed by atoms with E-state index in [1.165, 1.54) is 11.8 Å². The first-order valence-corrected chi connectivity index (χ1v) is 11.2. The molecule has 6 nitrogen and oxygen atoms in total. The maximum atomic E-state index is 13.6. The summed E-state index contributed by atoms with van der Waals surface area (Å²) in [6.45, 7) is 7.20. The van der Waals surface area contributed by atoms with Gasteiger partial charge in [0.25, 0.3) is 11.8 Å². The highest BCUT2D eigenvalue weighted by Crippen LogP contribution is 2.36. The van der Waals surface area contributed by atoms with E-state index in [1.807, 2.05) is 24.3 Å². The van der Waals surface area contributed by atoms with E-state index >= 15 is 0 Å². The Balaban J connectivity index is 1.74. The van der Waals surface area contributed by atoms with Crippen LogP contribution in [0.4, 0.5) is 11.4 Å². The fourth-order valence-electron chi connectivity index (χ4n) is 4.36. The average Bonchev–Trinajstić information content (AvgIpc) is 3.04. The number of hydrogen-bond donors (Lipinski definition) is 1. The molecule has 0 unspecified atom stereocenters. The Labute approximate surface area is 188 Å². The van der Waals surface area contributed by atoms with Gasteiger partial charge in [0.05, 0.1) is 11.3 Å². The van der Waals surface area contributed by atoms with Crippen LogP contribution in [-0.4, -0.2) is 35.7 Å². The number of carbonyl (C=O) groups is 3. The van der Waals surface area contributed by atoms with Crippen molar-refractivity contribution in [3.8, 4) is 0 Å². The number of amides is 3. The topological polar surface area (TPSA) is 69.7 Å². The van der Waals surface area contributed by atoms with Crippen molar-refractivity contribution in [1.29, 1.82) is 0 Å². The number of likely N-dealkylation sites (tertiary alicyclic amines) is 1. The van der Waals surface area contributed by atoms with Gasteiger partial charge in [-0.1, -0.05) is 38.1 Å². The molecular formula is C26H29N3O3. The molecule has 4 rings (SSSR count). The zero-order chi connectivity index (χ0) is 22.8. The van der Waals surface area contributed by atoms with Crippen LogP contribution >= 0.6 is 0 Å². The largest absolute Gasteiger partial charge is 0.366 e. The van der Waals surface area contributed by atoms with Crippen LogP contribution < -0.4 is 10.2 Å². The van der Waals surface area contributed by atoms with Crippen molar-refractivity contribution < 1.29 is 14.4 Å². The van der Waals surface area contributed by atoms with E-state index < -0.39 is 0 Å². The Morgan fingerprint density at radius 1 is 0.875 bits per heavy atom. The van der Waals surface area contributed by atoms with Crippen molar-refractivity contribution in [3.05, 3.63) is 65.4 Å². The number of rotatable bonds is 5. The second-order valence-corrected chi connectivity index (χ2v) is 8.72. The molecule has 6 heteroatoms. The lowest BCUT2D eigenvalue weighted by molar-refractivity contribution is -0.121. The van der Waals surface area contributed by atoms with Crippen LogP contribution in [0.25, 0.3) is 5.57 Å². The smallest absolute Gasteiger partial charge is 0.282 e. The van der Waals surface area contributed by atoms with Gasteiger partial charge >= 0.3 is 0 Å². The van der Waals surface area contributed by atoms with Gasteiger partial charge in [-0.25, -0.2) is 4.90 Å². The van der Waals surface area contributed by atoms with Crippen LogP contribution in [0.5, 0.6) is 0 Å². The van der Waals surface area contributed by atoms with Crippen LogP contribution in [0.2, 0.25) is 0 Å². The number of hydrogen-bond acceptors (Lipinski definition) is 4. The summed E-state index contributed by atoms with van der Waals surface area (Å²) in [4.78, 5) is 41.9. The number of benzene rings is 2. The van der Waals surface area contributed by atoms with Crippen molar-refractivity contribution in [2.24, 2.45) is 0 Å². The second kappa shape index (κ2) is 8.99. The van der Waals surface area contributed by atoms with E-state index in [-0.39, 0.29) is 17.7 Å². The molecule has 2 aliphatic heterocycles. The first-order chi connectivity index (χ1) is 15.4. The minimum absolute atomic E-state index is 0.158. The molecule has 2 aromatic rings. The standard InChI is InChI=1S/C26H29N3O3/c1-17(2)19-9-13-22(14-10-19)29-25(31)23(20-7-11-21(12-8-20)27-18(3)30)24(26(29)32)28-15-5-4-6-16-28/h7-14,17H,4-6,15-16H2,1-3H3,(H,27,30). The SMILES string of the molecule is CC(=O)Nc1ccc(C2=C(N3CCCCC3)C(=O)N(c3ccc(C(C)C)cc3)C2=O)cc1. The van der Waals surface area contributed by atoms with Crippen LogP contribution in [0.1, 0.15) is 57.1 Å². The molecule has 3 amide bonds. The van der Waals surface area contributed by atoms with Crippen LogP contribution in [0.3, 0.4) is 0 Å². The van der Waals surface area contributed by atoms with Crippen molar-refractivity contribution in [1.82, 2.24) is 4.90 Å². The van der Waals surface area contributed by atoms with Gasteiger partial charge in [0.15, 0.2) is 0 Å². The van der Waals surface area contributed by atoms with E-state index in [0.717, 1.165) is 37.9 Å². The molecule has 2 aliphatic rings. The van der Waals surface area contributed by atoms with E-state index in [2.05, 4.69) is 24.1 Å². The molecule has 0 radical (unpaired) electrons. The molecule has 1 saturated heterocycles. The fourth-order valence-corrected chi connectivity index (χ4v) is 4.36. The third kappa shape index (κ3) is 4.17. The lowest BCUT2D eigenvalue weighted by Crippen LogP contribution is -2.37. The lowest BCUT2D eigenvalue weighted by atomic mass is 10.0. The monoisotopic (exact) mass is 431 g/mol. The van der Waals surface area contributed by atoms with Gasteiger partial charge in [-0.3, -0.25) is 14.4 Å². The summed E-state index contributed by atoms with van der Waals surface area (Å²) in [7, 11) is 0. The zero-order valence-corrected chi connectivity index (χ0v) is 18.9. The molecule has 0 bridgehead atoms. The molecule has 2 aromatic carbocycles.